The zero-order chi connectivity index (χ0) is 16.6. The van der Waals surface area contributed by atoms with Crippen molar-refractivity contribution in [3.8, 4) is 0 Å². The van der Waals surface area contributed by atoms with Gasteiger partial charge in [0.1, 0.15) is 6.54 Å². The quantitative estimate of drug-likeness (QED) is 0.856. The Bertz CT molecular complexity index is 784. The molecule has 1 aliphatic rings. The highest BCUT2D eigenvalue weighted by molar-refractivity contribution is 5.82. The topological polar surface area (TPSA) is 42.3 Å². The van der Waals surface area contributed by atoms with E-state index in [1.165, 1.54) is 6.42 Å². The number of piperidine rings is 1. The van der Waals surface area contributed by atoms with Crippen LogP contribution in [0.4, 0.5) is 0 Å². The molecule has 1 aromatic heterocycles. The number of aromatic nitrogens is 1. The molecule has 122 valence electrons. The molecule has 1 amide bonds. The molecule has 2 aromatic rings. The fourth-order valence-corrected chi connectivity index (χ4v) is 3.72. The van der Waals surface area contributed by atoms with E-state index in [1.807, 2.05) is 42.2 Å². The van der Waals surface area contributed by atoms with Gasteiger partial charge in [-0.3, -0.25) is 9.59 Å². The number of hydrogen-bond donors (Lipinski definition) is 0. The van der Waals surface area contributed by atoms with Crippen LogP contribution in [0.2, 0.25) is 0 Å². The van der Waals surface area contributed by atoms with Crippen LogP contribution in [0.1, 0.15) is 26.0 Å². The first-order valence-corrected chi connectivity index (χ1v) is 8.32. The number of carbonyl (C=O) groups excluding carboxylic acids is 1. The number of nitrogens with zero attached hydrogens (tertiary/aromatic N) is 2. The van der Waals surface area contributed by atoms with Crippen LogP contribution in [0.25, 0.3) is 10.8 Å². The second-order valence-corrected chi connectivity index (χ2v) is 7.01. The fourth-order valence-electron chi connectivity index (χ4n) is 3.72. The molecule has 0 bridgehead atoms. The highest BCUT2D eigenvalue weighted by Gasteiger charge is 2.25. The van der Waals surface area contributed by atoms with Gasteiger partial charge in [0.15, 0.2) is 0 Å². The number of benzene rings is 1. The summed E-state index contributed by atoms with van der Waals surface area (Å²) in [7, 11) is 0. The van der Waals surface area contributed by atoms with Gasteiger partial charge in [-0.25, -0.2) is 0 Å². The van der Waals surface area contributed by atoms with Gasteiger partial charge >= 0.3 is 0 Å². The molecule has 1 fully saturated rings. The summed E-state index contributed by atoms with van der Waals surface area (Å²) in [5, 5.41) is 1.60. The molecule has 2 unspecified atom stereocenters. The van der Waals surface area contributed by atoms with Crippen molar-refractivity contribution in [3.05, 3.63) is 46.4 Å². The Hall–Kier alpha value is -2.10. The molecular weight excluding hydrogens is 288 g/mol. The van der Waals surface area contributed by atoms with Crippen molar-refractivity contribution in [1.82, 2.24) is 9.47 Å². The van der Waals surface area contributed by atoms with Crippen molar-refractivity contribution in [3.63, 3.8) is 0 Å². The van der Waals surface area contributed by atoms with Gasteiger partial charge in [-0.05, 0) is 42.7 Å². The number of amides is 1. The summed E-state index contributed by atoms with van der Waals surface area (Å²) in [5.74, 6) is 1.10. The summed E-state index contributed by atoms with van der Waals surface area (Å²) in [4.78, 5) is 27.3. The van der Waals surface area contributed by atoms with E-state index in [9.17, 15) is 9.59 Å². The lowest BCUT2D eigenvalue weighted by Gasteiger charge is -2.35. The lowest BCUT2D eigenvalue weighted by atomic mass is 9.92. The zero-order valence-electron chi connectivity index (χ0n) is 14.1. The molecule has 3 rings (SSSR count). The Labute approximate surface area is 136 Å². The molecule has 0 saturated carbocycles. The second-order valence-electron chi connectivity index (χ2n) is 7.01. The largest absolute Gasteiger partial charge is 0.341 e. The number of rotatable bonds is 2. The minimum atomic E-state index is -0.0768. The third-order valence-corrected chi connectivity index (χ3v) is 4.74. The minimum Gasteiger partial charge on any atom is -0.341 e. The number of fused-ring (bicyclic) bond motifs is 1. The third kappa shape index (κ3) is 3.16. The first-order valence-electron chi connectivity index (χ1n) is 8.32. The monoisotopic (exact) mass is 312 g/mol. The smallest absolute Gasteiger partial charge is 0.259 e. The maximum atomic E-state index is 12.7. The Morgan fingerprint density at radius 2 is 1.83 bits per heavy atom. The minimum absolute atomic E-state index is 0.0453. The van der Waals surface area contributed by atoms with Crippen LogP contribution in [-0.4, -0.2) is 28.5 Å². The van der Waals surface area contributed by atoms with E-state index in [1.54, 1.807) is 4.57 Å². The lowest BCUT2D eigenvalue weighted by molar-refractivity contribution is -0.134. The van der Waals surface area contributed by atoms with Gasteiger partial charge in [0.25, 0.3) is 5.56 Å². The van der Waals surface area contributed by atoms with E-state index in [4.69, 9.17) is 0 Å². The van der Waals surface area contributed by atoms with Crippen molar-refractivity contribution in [1.29, 1.82) is 0 Å². The van der Waals surface area contributed by atoms with Gasteiger partial charge < -0.3 is 9.47 Å². The van der Waals surface area contributed by atoms with Crippen LogP contribution in [0, 0.1) is 18.8 Å². The van der Waals surface area contributed by atoms with Crippen LogP contribution in [-0.2, 0) is 11.3 Å². The van der Waals surface area contributed by atoms with Crippen LogP contribution in [0.15, 0.2) is 35.1 Å². The lowest BCUT2D eigenvalue weighted by Crippen LogP contribution is -2.45. The van der Waals surface area contributed by atoms with Gasteiger partial charge in [-0.15, -0.1) is 0 Å². The number of aryl methyl sites for hydroxylation is 1. The average molecular weight is 312 g/mol. The molecule has 1 aliphatic heterocycles. The number of hydrogen-bond acceptors (Lipinski definition) is 2. The van der Waals surface area contributed by atoms with Crippen molar-refractivity contribution in [2.24, 2.45) is 11.8 Å². The Morgan fingerprint density at radius 3 is 2.52 bits per heavy atom. The van der Waals surface area contributed by atoms with Crippen molar-refractivity contribution >= 4 is 16.7 Å². The molecule has 23 heavy (non-hydrogen) atoms. The normalized spacial score (nSPS) is 21.6. The van der Waals surface area contributed by atoms with E-state index in [2.05, 4.69) is 13.8 Å². The van der Waals surface area contributed by atoms with E-state index < -0.39 is 0 Å². The van der Waals surface area contributed by atoms with Crippen LogP contribution < -0.4 is 5.56 Å². The summed E-state index contributed by atoms with van der Waals surface area (Å²) < 4.78 is 1.61. The van der Waals surface area contributed by atoms with Crippen molar-refractivity contribution < 1.29 is 4.79 Å². The molecule has 0 radical (unpaired) electrons. The molecule has 1 aromatic carbocycles. The predicted molar refractivity (Wildman–Crippen MR) is 92.5 cm³/mol. The Morgan fingerprint density at radius 1 is 1.17 bits per heavy atom. The van der Waals surface area contributed by atoms with Gasteiger partial charge in [-0.1, -0.05) is 32.0 Å². The summed E-state index contributed by atoms with van der Waals surface area (Å²) >= 11 is 0. The SMILES string of the molecule is Cc1cc2ccccc2c(=O)n1CC(=O)N1CC(C)CC(C)C1. The van der Waals surface area contributed by atoms with E-state index in [0.29, 0.717) is 17.2 Å². The Balaban J connectivity index is 1.89. The standard InChI is InChI=1S/C19H24N2O2/c1-13-8-14(2)11-20(10-13)18(22)12-21-15(3)9-16-6-4-5-7-17(16)19(21)23/h4-7,9,13-14H,8,10-12H2,1-3H3. The van der Waals surface area contributed by atoms with Gasteiger partial charge in [0, 0.05) is 24.2 Å². The molecule has 0 spiro atoms. The summed E-state index contributed by atoms with van der Waals surface area (Å²) in [6.07, 6.45) is 1.17. The molecule has 4 heteroatoms. The molecule has 0 aliphatic carbocycles. The number of likely N-dealkylation sites (tertiary alicyclic amines) is 1. The van der Waals surface area contributed by atoms with E-state index in [-0.39, 0.29) is 18.0 Å². The highest BCUT2D eigenvalue weighted by atomic mass is 16.2. The molecule has 2 atom stereocenters. The van der Waals surface area contributed by atoms with Crippen LogP contribution >= 0.6 is 0 Å². The van der Waals surface area contributed by atoms with Crippen molar-refractivity contribution in [2.75, 3.05) is 13.1 Å². The van der Waals surface area contributed by atoms with Gasteiger partial charge in [0.05, 0.1) is 0 Å². The molecule has 2 heterocycles. The molecule has 0 N–H and O–H groups in total. The second kappa shape index (κ2) is 6.19. The Kier molecular flexibility index (Phi) is 4.24. The molecular formula is C19H24N2O2. The molecule has 4 nitrogen and oxygen atoms in total. The van der Waals surface area contributed by atoms with Gasteiger partial charge in [0.2, 0.25) is 5.91 Å². The van der Waals surface area contributed by atoms with E-state index >= 15 is 0 Å². The molecule has 1 saturated heterocycles. The zero-order valence-corrected chi connectivity index (χ0v) is 14.1. The number of pyridine rings is 1. The van der Waals surface area contributed by atoms with Crippen LogP contribution in [0.5, 0.6) is 0 Å². The predicted octanol–water partition coefficient (Wildman–Crippen LogP) is 2.81. The van der Waals surface area contributed by atoms with Crippen LogP contribution in [0.3, 0.4) is 0 Å². The fraction of sp³-hybridized carbons (Fsp3) is 0.474. The first kappa shape index (κ1) is 15.8. The first-order chi connectivity index (χ1) is 11.0. The maximum absolute atomic E-state index is 12.7. The van der Waals surface area contributed by atoms with Gasteiger partial charge in [-0.2, -0.15) is 0 Å². The summed E-state index contributed by atoms with van der Waals surface area (Å²) in [6.45, 7) is 7.99. The van der Waals surface area contributed by atoms with E-state index in [0.717, 1.165) is 24.2 Å². The summed E-state index contributed by atoms with van der Waals surface area (Å²) in [6, 6.07) is 9.52. The highest BCUT2D eigenvalue weighted by Crippen LogP contribution is 2.21. The average Bonchev–Trinajstić information content (AvgIpc) is 2.50. The van der Waals surface area contributed by atoms with Crippen molar-refractivity contribution in [2.45, 2.75) is 33.7 Å². The maximum Gasteiger partial charge on any atom is 0.259 e. The number of carbonyl (C=O) groups is 1. The summed E-state index contributed by atoms with van der Waals surface area (Å²) in [5.41, 5.74) is 0.757. The third-order valence-electron chi connectivity index (χ3n) is 4.74.